The molecule has 0 aliphatic carbocycles. The Kier molecular flexibility index (Phi) is 5.85. The molecular weight excluding hydrogens is 378 g/mol. The molecular formula is C18H12F6OS. The first-order valence-corrected chi connectivity index (χ1v) is 8.08. The predicted molar refractivity (Wildman–Crippen MR) is 87.0 cm³/mol. The Morgan fingerprint density at radius 1 is 0.885 bits per heavy atom. The first-order chi connectivity index (χ1) is 12.0. The monoisotopic (exact) mass is 390 g/mol. The number of alkyl halides is 6. The van der Waals surface area contributed by atoms with Gasteiger partial charge in [-0.1, -0.05) is 41.6 Å². The summed E-state index contributed by atoms with van der Waals surface area (Å²) < 4.78 is 76.7. The van der Waals surface area contributed by atoms with Crippen LogP contribution in [0.3, 0.4) is 0 Å². The van der Waals surface area contributed by atoms with E-state index in [4.69, 9.17) is 0 Å². The highest BCUT2D eigenvalue weighted by molar-refractivity contribution is 8.02. The average Bonchev–Trinajstić information content (AvgIpc) is 2.53. The Labute approximate surface area is 149 Å². The summed E-state index contributed by atoms with van der Waals surface area (Å²) in [7, 11) is 0. The van der Waals surface area contributed by atoms with E-state index in [0.29, 0.717) is 29.5 Å². The van der Waals surface area contributed by atoms with Crippen LogP contribution in [0.5, 0.6) is 0 Å². The molecule has 8 heteroatoms. The molecule has 0 N–H and O–H groups in total. The minimum Gasteiger partial charge on any atom is -0.289 e. The Morgan fingerprint density at radius 3 is 1.85 bits per heavy atom. The smallest absolute Gasteiger partial charge is 0.289 e. The maximum Gasteiger partial charge on any atom is 0.416 e. The number of aryl methyl sites for hydroxylation is 1. The quantitative estimate of drug-likeness (QED) is 0.256. The molecule has 0 spiro atoms. The van der Waals surface area contributed by atoms with E-state index < -0.39 is 29.3 Å². The molecule has 0 radical (unpaired) electrons. The zero-order valence-electron chi connectivity index (χ0n) is 13.3. The SMILES string of the molecule is Cc1ccc(C(=O)C=CSc2cc(C(F)(F)F)cc(C(F)(F)F)c2)cc1. The van der Waals surface area contributed by atoms with Crippen molar-refractivity contribution >= 4 is 17.5 Å². The third kappa shape index (κ3) is 5.39. The molecule has 0 amide bonds. The second kappa shape index (κ2) is 7.57. The zero-order valence-corrected chi connectivity index (χ0v) is 14.1. The first kappa shape index (κ1) is 20.1. The summed E-state index contributed by atoms with van der Waals surface area (Å²) in [5.74, 6) is -0.402. The van der Waals surface area contributed by atoms with Crippen molar-refractivity contribution in [2.75, 3.05) is 0 Å². The standard InChI is InChI=1S/C18H12F6OS/c1-11-2-4-12(5-3-11)16(25)6-7-26-15-9-13(17(19,20)21)8-14(10-15)18(22,23)24/h2-10H,1H3. The van der Waals surface area contributed by atoms with Crippen LogP contribution in [0.4, 0.5) is 26.3 Å². The fourth-order valence-electron chi connectivity index (χ4n) is 1.98. The van der Waals surface area contributed by atoms with Crippen molar-refractivity contribution in [1.82, 2.24) is 0 Å². The number of carbonyl (C=O) groups is 1. The van der Waals surface area contributed by atoms with Gasteiger partial charge in [0.2, 0.25) is 0 Å². The minimum atomic E-state index is -4.90. The van der Waals surface area contributed by atoms with Gasteiger partial charge in [-0.05, 0) is 36.6 Å². The van der Waals surface area contributed by atoms with Gasteiger partial charge in [0.25, 0.3) is 0 Å². The van der Waals surface area contributed by atoms with Crippen LogP contribution in [0.1, 0.15) is 27.0 Å². The number of benzene rings is 2. The summed E-state index contributed by atoms with van der Waals surface area (Å²) in [6.45, 7) is 1.84. The van der Waals surface area contributed by atoms with Gasteiger partial charge in [0, 0.05) is 10.5 Å². The van der Waals surface area contributed by atoms with Crippen molar-refractivity contribution in [2.24, 2.45) is 0 Å². The van der Waals surface area contributed by atoms with Crippen LogP contribution in [0.15, 0.2) is 58.8 Å². The molecule has 1 nitrogen and oxygen atoms in total. The van der Waals surface area contributed by atoms with E-state index >= 15 is 0 Å². The molecule has 0 aliphatic heterocycles. The molecule has 138 valence electrons. The van der Waals surface area contributed by atoms with Gasteiger partial charge in [-0.2, -0.15) is 26.3 Å². The lowest BCUT2D eigenvalue weighted by Gasteiger charge is -2.13. The van der Waals surface area contributed by atoms with Gasteiger partial charge >= 0.3 is 12.4 Å². The predicted octanol–water partition coefficient (Wildman–Crippen LogP) is 6.52. The van der Waals surface area contributed by atoms with Crippen LogP contribution >= 0.6 is 11.8 Å². The Bertz CT molecular complexity index is 787. The van der Waals surface area contributed by atoms with Crippen molar-refractivity contribution < 1.29 is 31.1 Å². The van der Waals surface area contributed by atoms with Gasteiger partial charge in [0.15, 0.2) is 5.78 Å². The Hall–Kier alpha value is -2.22. The maximum atomic E-state index is 12.8. The van der Waals surface area contributed by atoms with E-state index in [-0.39, 0.29) is 11.0 Å². The largest absolute Gasteiger partial charge is 0.416 e. The fraction of sp³-hybridized carbons (Fsp3) is 0.167. The molecule has 0 unspecified atom stereocenters. The number of allylic oxidation sites excluding steroid dienone is 1. The highest BCUT2D eigenvalue weighted by atomic mass is 32.2. The van der Waals surface area contributed by atoms with Crippen LogP contribution in [0, 0.1) is 6.92 Å². The highest BCUT2D eigenvalue weighted by Crippen LogP contribution is 2.38. The van der Waals surface area contributed by atoms with Crippen molar-refractivity contribution in [1.29, 1.82) is 0 Å². The second-order valence-electron chi connectivity index (χ2n) is 5.39. The lowest BCUT2D eigenvalue weighted by Crippen LogP contribution is -2.10. The maximum absolute atomic E-state index is 12.8. The molecule has 0 aliphatic rings. The normalized spacial score (nSPS) is 12.6. The molecule has 2 aromatic rings. The molecule has 0 aromatic heterocycles. The summed E-state index contributed by atoms with van der Waals surface area (Å²) >= 11 is 0.606. The molecule has 0 saturated heterocycles. The van der Waals surface area contributed by atoms with E-state index in [1.807, 2.05) is 6.92 Å². The highest BCUT2D eigenvalue weighted by Gasteiger charge is 2.36. The third-order valence-corrected chi connectivity index (χ3v) is 4.10. The first-order valence-electron chi connectivity index (χ1n) is 7.20. The van der Waals surface area contributed by atoms with Crippen molar-refractivity contribution in [3.63, 3.8) is 0 Å². The van der Waals surface area contributed by atoms with Crippen LogP contribution in [-0.4, -0.2) is 5.78 Å². The van der Waals surface area contributed by atoms with E-state index in [2.05, 4.69) is 0 Å². The zero-order chi connectivity index (χ0) is 19.5. The molecule has 0 fully saturated rings. The number of rotatable bonds is 4. The molecule has 0 atom stereocenters. The van der Waals surface area contributed by atoms with Gasteiger partial charge in [0.05, 0.1) is 11.1 Å². The van der Waals surface area contributed by atoms with E-state index in [9.17, 15) is 31.1 Å². The molecule has 0 saturated carbocycles. The van der Waals surface area contributed by atoms with Gasteiger partial charge in [-0.3, -0.25) is 4.79 Å². The lowest BCUT2D eigenvalue weighted by atomic mass is 10.1. The number of hydrogen-bond acceptors (Lipinski definition) is 2. The van der Waals surface area contributed by atoms with E-state index in [1.165, 1.54) is 0 Å². The second-order valence-corrected chi connectivity index (χ2v) is 6.37. The number of ketones is 1. The van der Waals surface area contributed by atoms with Crippen molar-refractivity contribution in [3.05, 3.63) is 76.2 Å². The van der Waals surface area contributed by atoms with Gasteiger partial charge in [0.1, 0.15) is 0 Å². The van der Waals surface area contributed by atoms with Gasteiger partial charge < -0.3 is 0 Å². The number of thioether (sulfide) groups is 1. The summed E-state index contributed by atoms with van der Waals surface area (Å²) in [6, 6.07) is 7.89. The lowest BCUT2D eigenvalue weighted by molar-refractivity contribution is -0.143. The van der Waals surface area contributed by atoms with Crippen molar-refractivity contribution in [3.8, 4) is 0 Å². The van der Waals surface area contributed by atoms with Crippen LogP contribution in [0.25, 0.3) is 0 Å². The van der Waals surface area contributed by atoms with E-state index in [0.717, 1.165) is 17.0 Å². The van der Waals surface area contributed by atoms with Gasteiger partial charge in [-0.25, -0.2) is 0 Å². The fourth-order valence-corrected chi connectivity index (χ4v) is 2.72. The number of carbonyl (C=O) groups excluding carboxylic acids is 1. The van der Waals surface area contributed by atoms with Crippen LogP contribution < -0.4 is 0 Å². The third-order valence-electron chi connectivity index (χ3n) is 3.32. The Morgan fingerprint density at radius 2 is 1.38 bits per heavy atom. The van der Waals surface area contributed by atoms with Crippen molar-refractivity contribution in [2.45, 2.75) is 24.2 Å². The molecule has 2 rings (SSSR count). The molecule has 2 aromatic carbocycles. The summed E-state index contributed by atoms with van der Waals surface area (Å²) in [5, 5.41) is 1.16. The number of hydrogen-bond donors (Lipinski definition) is 0. The summed E-state index contributed by atoms with van der Waals surface area (Å²) in [4.78, 5) is 11.7. The average molecular weight is 390 g/mol. The molecule has 0 heterocycles. The topological polar surface area (TPSA) is 17.1 Å². The molecule has 26 heavy (non-hydrogen) atoms. The minimum absolute atomic E-state index is 0.0607. The van der Waals surface area contributed by atoms with E-state index in [1.54, 1.807) is 24.3 Å². The summed E-state index contributed by atoms with van der Waals surface area (Å²) in [6.07, 6.45) is -8.71. The number of halogens is 6. The van der Waals surface area contributed by atoms with Gasteiger partial charge in [-0.15, -0.1) is 0 Å². The molecule has 0 bridgehead atoms. The Balaban J connectivity index is 2.23. The van der Waals surface area contributed by atoms with Crippen LogP contribution in [-0.2, 0) is 12.4 Å². The summed E-state index contributed by atoms with van der Waals surface area (Å²) in [5.41, 5.74) is -1.47. The van der Waals surface area contributed by atoms with Crippen LogP contribution in [0.2, 0.25) is 0 Å².